The lowest BCUT2D eigenvalue weighted by Crippen LogP contribution is -2.49. The van der Waals surface area contributed by atoms with Gasteiger partial charge >= 0.3 is 5.97 Å². The van der Waals surface area contributed by atoms with Crippen molar-refractivity contribution >= 4 is 17.8 Å². The normalized spacial score (nSPS) is 19.4. The molecule has 1 aliphatic heterocycles. The highest BCUT2D eigenvalue weighted by Gasteiger charge is 2.33. The second kappa shape index (κ2) is 9.91. The topological polar surface area (TPSA) is 105 Å². The molecule has 0 aromatic heterocycles. The summed E-state index contributed by atoms with van der Waals surface area (Å²) in [6, 6.07) is 6.45. The third kappa shape index (κ3) is 5.96. The lowest BCUT2D eigenvalue weighted by atomic mass is 9.92. The fraction of sp³-hybridized carbons (Fsp3) is 0.526. The molecule has 2 unspecified atom stereocenters. The van der Waals surface area contributed by atoms with Gasteiger partial charge in [-0.3, -0.25) is 9.59 Å². The van der Waals surface area contributed by atoms with E-state index < -0.39 is 12.6 Å². The number of carbonyl (C=O) groups is 3. The molecule has 1 saturated heterocycles. The first-order valence-electron chi connectivity index (χ1n) is 8.94. The van der Waals surface area contributed by atoms with Crippen LogP contribution >= 0.6 is 0 Å². The Morgan fingerprint density at radius 1 is 1.30 bits per heavy atom. The molecule has 1 fully saturated rings. The van der Waals surface area contributed by atoms with Crippen LogP contribution in [0.5, 0.6) is 5.75 Å². The van der Waals surface area contributed by atoms with Crippen LogP contribution in [0.2, 0.25) is 0 Å². The number of aliphatic carboxylic acids is 1. The summed E-state index contributed by atoms with van der Waals surface area (Å²) in [5, 5.41) is 11.5. The number of ether oxygens (including phenoxy) is 2. The molecule has 0 aliphatic carbocycles. The van der Waals surface area contributed by atoms with E-state index in [-0.39, 0.29) is 23.8 Å². The maximum absolute atomic E-state index is 12.9. The minimum atomic E-state index is -1.08. The van der Waals surface area contributed by atoms with Crippen molar-refractivity contribution in [3.8, 4) is 5.75 Å². The van der Waals surface area contributed by atoms with Crippen LogP contribution in [0.25, 0.3) is 0 Å². The molecular weight excluding hydrogens is 352 g/mol. The predicted octanol–water partition coefficient (Wildman–Crippen LogP) is 1.15. The van der Waals surface area contributed by atoms with Gasteiger partial charge in [-0.15, -0.1) is 0 Å². The summed E-state index contributed by atoms with van der Waals surface area (Å²) in [4.78, 5) is 37.6. The molecule has 1 heterocycles. The number of hydrogen-bond donors (Lipinski definition) is 2. The first-order chi connectivity index (χ1) is 12.9. The quantitative estimate of drug-likeness (QED) is 0.658. The van der Waals surface area contributed by atoms with Crippen LogP contribution in [0.1, 0.15) is 30.1 Å². The van der Waals surface area contributed by atoms with Crippen LogP contribution in [-0.4, -0.2) is 67.2 Å². The maximum Gasteiger partial charge on any atom is 0.341 e. The molecule has 8 heteroatoms. The van der Waals surface area contributed by atoms with Crippen LogP contribution in [0.3, 0.4) is 0 Å². The van der Waals surface area contributed by atoms with Crippen molar-refractivity contribution in [2.45, 2.75) is 25.8 Å². The van der Waals surface area contributed by atoms with E-state index in [2.05, 4.69) is 5.32 Å². The molecule has 0 radical (unpaired) electrons. The lowest BCUT2D eigenvalue weighted by Gasteiger charge is -2.37. The fourth-order valence-corrected chi connectivity index (χ4v) is 3.05. The van der Waals surface area contributed by atoms with Gasteiger partial charge in [-0.05, 0) is 38.0 Å². The van der Waals surface area contributed by atoms with Crippen LogP contribution in [0.4, 0.5) is 0 Å². The minimum Gasteiger partial charge on any atom is -0.482 e. The van der Waals surface area contributed by atoms with Gasteiger partial charge < -0.3 is 24.8 Å². The SMILES string of the molecule is COCCNC(=O)C1CCC(C)N(C(=O)c2cccc(OCC(=O)O)c2)C1. The Hall–Kier alpha value is -2.61. The Labute approximate surface area is 158 Å². The van der Waals surface area contributed by atoms with Crippen LogP contribution in [-0.2, 0) is 14.3 Å². The van der Waals surface area contributed by atoms with Crippen molar-refractivity contribution in [1.82, 2.24) is 10.2 Å². The average molecular weight is 378 g/mol. The summed E-state index contributed by atoms with van der Waals surface area (Å²) in [7, 11) is 1.57. The molecule has 0 bridgehead atoms. The van der Waals surface area contributed by atoms with Gasteiger partial charge in [-0.25, -0.2) is 4.79 Å². The van der Waals surface area contributed by atoms with Crippen molar-refractivity contribution in [2.75, 3.05) is 33.4 Å². The van der Waals surface area contributed by atoms with Gasteiger partial charge in [0, 0.05) is 31.8 Å². The van der Waals surface area contributed by atoms with Crippen molar-refractivity contribution in [3.05, 3.63) is 29.8 Å². The Bertz CT molecular complexity index is 678. The molecule has 2 N–H and O–H groups in total. The van der Waals surface area contributed by atoms with Crippen LogP contribution in [0, 0.1) is 5.92 Å². The summed E-state index contributed by atoms with van der Waals surface area (Å²) in [6.45, 7) is 2.72. The zero-order chi connectivity index (χ0) is 19.8. The van der Waals surface area contributed by atoms with E-state index in [1.807, 2.05) is 6.92 Å². The number of methoxy groups -OCH3 is 1. The van der Waals surface area contributed by atoms with Gasteiger partial charge in [-0.1, -0.05) is 6.07 Å². The Kier molecular flexibility index (Phi) is 7.60. The van der Waals surface area contributed by atoms with Crippen LogP contribution < -0.4 is 10.1 Å². The number of carboxylic acids is 1. The van der Waals surface area contributed by atoms with Gasteiger partial charge in [0.05, 0.1) is 12.5 Å². The first-order valence-corrected chi connectivity index (χ1v) is 8.94. The lowest BCUT2D eigenvalue weighted by molar-refractivity contribution is -0.139. The molecule has 1 aliphatic rings. The number of nitrogens with one attached hydrogen (secondary N) is 1. The van der Waals surface area contributed by atoms with E-state index in [9.17, 15) is 14.4 Å². The standard InChI is InChI=1S/C19H26N2O6/c1-13-6-7-15(18(24)20-8-9-26-2)11-21(13)19(25)14-4-3-5-16(10-14)27-12-17(22)23/h3-5,10,13,15H,6-9,11-12H2,1-2H3,(H,20,24)(H,22,23). The highest BCUT2D eigenvalue weighted by atomic mass is 16.5. The van der Waals surface area contributed by atoms with Gasteiger partial charge in [0.2, 0.25) is 5.91 Å². The average Bonchev–Trinajstić information content (AvgIpc) is 2.66. The number of rotatable bonds is 8. The number of carbonyl (C=O) groups excluding carboxylic acids is 2. The molecule has 27 heavy (non-hydrogen) atoms. The molecule has 2 rings (SSSR count). The Balaban J connectivity index is 2.04. The third-order valence-corrected chi connectivity index (χ3v) is 4.56. The zero-order valence-corrected chi connectivity index (χ0v) is 15.6. The molecule has 2 amide bonds. The number of benzene rings is 1. The molecule has 1 aromatic rings. The molecule has 8 nitrogen and oxygen atoms in total. The van der Waals surface area contributed by atoms with Crippen molar-refractivity contribution in [3.63, 3.8) is 0 Å². The summed E-state index contributed by atoms with van der Waals surface area (Å²) in [6.07, 6.45) is 1.47. The monoisotopic (exact) mass is 378 g/mol. The number of hydrogen-bond acceptors (Lipinski definition) is 5. The van der Waals surface area contributed by atoms with E-state index in [1.54, 1.807) is 30.2 Å². The van der Waals surface area contributed by atoms with E-state index >= 15 is 0 Å². The molecule has 0 spiro atoms. The van der Waals surface area contributed by atoms with Crippen LogP contribution in [0.15, 0.2) is 24.3 Å². The van der Waals surface area contributed by atoms with E-state index in [0.29, 0.717) is 31.0 Å². The van der Waals surface area contributed by atoms with Gasteiger partial charge in [0.25, 0.3) is 5.91 Å². The number of likely N-dealkylation sites (tertiary alicyclic amines) is 1. The maximum atomic E-state index is 12.9. The summed E-state index contributed by atoms with van der Waals surface area (Å²) >= 11 is 0. The third-order valence-electron chi connectivity index (χ3n) is 4.56. The van der Waals surface area contributed by atoms with E-state index in [0.717, 1.165) is 12.8 Å². The van der Waals surface area contributed by atoms with E-state index in [4.69, 9.17) is 14.6 Å². The summed E-state index contributed by atoms with van der Waals surface area (Å²) in [5.74, 6) is -1.29. The second-order valence-corrected chi connectivity index (χ2v) is 6.57. The zero-order valence-electron chi connectivity index (χ0n) is 15.6. The summed E-state index contributed by atoms with van der Waals surface area (Å²) < 4.78 is 10.1. The summed E-state index contributed by atoms with van der Waals surface area (Å²) in [5.41, 5.74) is 0.408. The largest absolute Gasteiger partial charge is 0.482 e. The van der Waals surface area contributed by atoms with Crippen molar-refractivity contribution in [1.29, 1.82) is 0 Å². The van der Waals surface area contributed by atoms with Gasteiger partial charge in [-0.2, -0.15) is 0 Å². The van der Waals surface area contributed by atoms with Crippen molar-refractivity contribution in [2.24, 2.45) is 5.92 Å². The second-order valence-electron chi connectivity index (χ2n) is 6.57. The Morgan fingerprint density at radius 3 is 2.78 bits per heavy atom. The Morgan fingerprint density at radius 2 is 2.07 bits per heavy atom. The smallest absolute Gasteiger partial charge is 0.341 e. The van der Waals surface area contributed by atoms with Gasteiger partial charge in [0.15, 0.2) is 6.61 Å². The number of piperidine rings is 1. The fourth-order valence-electron chi connectivity index (χ4n) is 3.05. The van der Waals surface area contributed by atoms with Crippen molar-refractivity contribution < 1.29 is 29.0 Å². The highest BCUT2D eigenvalue weighted by Crippen LogP contribution is 2.25. The van der Waals surface area contributed by atoms with E-state index in [1.165, 1.54) is 6.07 Å². The van der Waals surface area contributed by atoms with Gasteiger partial charge in [0.1, 0.15) is 5.75 Å². The molecular formula is C19H26N2O6. The molecule has 148 valence electrons. The number of nitrogens with zero attached hydrogens (tertiary/aromatic N) is 1. The number of carboxylic acid groups (broad SMARTS) is 1. The highest BCUT2D eigenvalue weighted by molar-refractivity contribution is 5.95. The molecule has 2 atom stereocenters. The molecule has 0 saturated carbocycles. The minimum absolute atomic E-state index is 0.0177. The number of amides is 2. The molecule has 1 aromatic carbocycles. The predicted molar refractivity (Wildman–Crippen MR) is 97.7 cm³/mol. The first kappa shape index (κ1) is 20.7.